The van der Waals surface area contributed by atoms with Crippen LogP contribution in [0.25, 0.3) is 0 Å². The molecule has 55 valence electrons. The molecule has 2 heteroatoms. The van der Waals surface area contributed by atoms with E-state index in [1.54, 1.807) is 0 Å². The van der Waals surface area contributed by atoms with Crippen molar-refractivity contribution in [2.75, 3.05) is 0 Å². The fraction of sp³-hybridized carbons (Fsp3) is 0.714. The largest absolute Gasteiger partial charge is 0.358 e. The van der Waals surface area contributed by atoms with Crippen LogP contribution in [0.4, 0.5) is 0 Å². The Morgan fingerprint density at radius 3 is 1.67 bits per heavy atom. The van der Waals surface area contributed by atoms with E-state index in [1.807, 2.05) is 0 Å². The van der Waals surface area contributed by atoms with Gasteiger partial charge in [0.25, 0.3) is 0 Å². The van der Waals surface area contributed by atoms with E-state index in [0.29, 0.717) is 5.92 Å². The third-order valence-corrected chi connectivity index (χ3v) is 1.41. The van der Waals surface area contributed by atoms with E-state index in [0.717, 1.165) is 0 Å². The van der Waals surface area contributed by atoms with E-state index in [9.17, 15) is 0 Å². The number of rotatable bonds is 2. The Kier molecular flexibility index (Phi) is 17.2. The Balaban J connectivity index is -0.000000180. The second-order valence-corrected chi connectivity index (χ2v) is 2.20. The maximum absolute atomic E-state index is 2.20. The predicted molar refractivity (Wildman–Crippen MR) is 33.7 cm³/mol. The van der Waals surface area contributed by atoms with Gasteiger partial charge in [-0.2, -0.15) is 20.8 Å². The van der Waals surface area contributed by atoms with Crippen LogP contribution in [0.2, 0.25) is 0 Å². The number of hydrogen-bond acceptors (Lipinski definition) is 0. The molecule has 0 aliphatic rings. The molecule has 9 heavy (non-hydrogen) atoms. The summed E-state index contributed by atoms with van der Waals surface area (Å²) in [6.07, 6.45) is 2.20. The zero-order valence-corrected chi connectivity index (χ0v) is 10.8. The summed E-state index contributed by atoms with van der Waals surface area (Å²) in [5.41, 5.74) is 0. The van der Waals surface area contributed by atoms with Crippen molar-refractivity contribution in [3.05, 3.63) is 12.3 Å². The minimum Gasteiger partial charge on any atom is -0.358 e. The maximum Gasteiger partial charge on any atom is 0 e. The molecule has 0 aromatic heterocycles. The van der Waals surface area contributed by atoms with Gasteiger partial charge in [-0.05, 0) is 0 Å². The van der Waals surface area contributed by atoms with Crippen molar-refractivity contribution in [2.45, 2.75) is 27.7 Å². The van der Waals surface area contributed by atoms with Gasteiger partial charge in [0.1, 0.15) is 0 Å². The Bertz CT molecular complexity index is 46.2. The minimum atomic E-state index is 0. The molecular formula is C7H14VW-2. The third-order valence-electron chi connectivity index (χ3n) is 1.41. The zero-order valence-electron chi connectivity index (χ0n) is 6.51. The van der Waals surface area contributed by atoms with Crippen molar-refractivity contribution in [1.82, 2.24) is 0 Å². The molecule has 0 nitrogen and oxygen atoms in total. The predicted octanol–water partition coefficient (Wildman–Crippen LogP) is 2.46. The molecule has 0 bridgehead atoms. The third kappa shape index (κ3) is 9.27. The standard InChI is InChI=1S/C7H14.V.W/c1-5-7(4)6(2)3;;/h5,7H,1-4H3;;/q-2;;. The topological polar surface area (TPSA) is 0 Å². The Morgan fingerprint density at radius 1 is 1.33 bits per heavy atom. The molecule has 0 N–H and O–H groups in total. The Hall–Kier alpha value is 1.27. The second kappa shape index (κ2) is 9.27. The van der Waals surface area contributed by atoms with Crippen LogP contribution in [0.3, 0.4) is 0 Å². The van der Waals surface area contributed by atoms with Crippen molar-refractivity contribution in [2.24, 2.45) is 5.92 Å². The summed E-state index contributed by atoms with van der Waals surface area (Å²) in [5.74, 6) is 2.18. The van der Waals surface area contributed by atoms with Gasteiger partial charge in [0, 0.05) is 39.6 Å². The molecule has 1 unspecified atom stereocenters. The SMILES string of the molecule is C[CH-]C(C)[C-](C)C.[V].[W]. The smallest absolute Gasteiger partial charge is 0 e. The number of hydrogen-bond donors (Lipinski definition) is 0. The summed E-state index contributed by atoms with van der Waals surface area (Å²) in [6, 6.07) is 0. The molecule has 1 radical (unpaired) electrons. The van der Waals surface area contributed by atoms with Gasteiger partial charge in [0.2, 0.25) is 0 Å². The normalized spacial score (nSPS) is 11.7. The fourth-order valence-corrected chi connectivity index (χ4v) is 0.333. The van der Waals surface area contributed by atoms with Crippen molar-refractivity contribution in [3.8, 4) is 0 Å². The minimum absolute atomic E-state index is 0. The molecule has 0 heterocycles. The molecule has 0 aromatic rings. The summed E-state index contributed by atoms with van der Waals surface area (Å²) in [5, 5.41) is 0. The molecule has 0 aliphatic carbocycles. The van der Waals surface area contributed by atoms with Gasteiger partial charge in [-0.1, -0.05) is 0 Å². The van der Waals surface area contributed by atoms with Crippen LogP contribution in [0.1, 0.15) is 27.7 Å². The molecule has 0 aromatic carbocycles. The zero-order chi connectivity index (χ0) is 5.86. The van der Waals surface area contributed by atoms with Crippen molar-refractivity contribution >= 4 is 0 Å². The van der Waals surface area contributed by atoms with E-state index < -0.39 is 0 Å². The second-order valence-electron chi connectivity index (χ2n) is 2.20. The van der Waals surface area contributed by atoms with Crippen LogP contribution >= 0.6 is 0 Å². The molecule has 0 fully saturated rings. The van der Waals surface area contributed by atoms with E-state index >= 15 is 0 Å². The quantitative estimate of drug-likeness (QED) is 0.681. The van der Waals surface area contributed by atoms with Gasteiger partial charge in [0.15, 0.2) is 0 Å². The van der Waals surface area contributed by atoms with E-state index in [-0.39, 0.29) is 39.6 Å². The summed E-state index contributed by atoms with van der Waals surface area (Å²) in [4.78, 5) is 0. The van der Waals surface area contributed by atoms with Gasteiger partial charge in [-0.3, -0.25) is 0 Å². The van der Waals surface area contributed by atoms with Crippen LogP contribution < -0.4 is 0 Å². The molecule has 0 saturated heterocycles. The average Bonchev–Trinajstić information content (AvgIpc) is 1.65. The fourth-order valence-electron chi connectivity index (χ4n) is 0.333. The molecular weight excluding hydrogens is 319 g/mol. The van der Waals surface area contributed by atoms with Crippen LogP contribution in [0.15, 0.2) is 0 Å². The Morgan fingerprint density at radius 2 is 1.67 bits per heavy atom. The summed E-state index contributed by atoms with van der Waals surface area (Å²) in [6.45, 7) is 8.61. The first-order chi connectivity index (χ1) is 3.18. The summed E-state index contributed by atoms with van der Waals surface area (Å²) >= 11 is 0. The van der Waals surface area contributed by atoms with Crippen LogP contribution in [-0.2, 0) is 39.6 Å². The van der Waals surface area contributed by atoms with Crippen LogP contribution in [0.5, 0.6) is 0 Å². The molecule has 0 aliphatic heterocycles. The molecule has 1 atom stereocenters. The first-order valence-electron chi connectivity index (χ1n) is 2.78. The van der Waals surface area contributed by atoms with Crippen molar-refractivity contribution in [1.29, 1.82) is 0 Å². The van der Waals surface area contributed by atoms with Crippen LogP contribution in [-0.4, -0.2) is 0 Å². The maximum atomic E-state index is 2.20. The molecule has 0 amide bonds. The molecule has 0 saturated carbocycles. The van der Waals surface area contributed by atoms with E-state index in [1.165, 1.54) is 5.92 Å². The monoisotopic (exact) mass is 333 g/mol. The van der Waals surface area contributed by atoms with E-state index in [2.05, 4.69) is 34.1 Å². The van der Waals surface area contributed by atoms with Crippen molar-refractivity contribution < 1.29 is 39.6 Å². The molecule has 0 spiro atoms. The summed E-state index contributed by atoms with van der Waals surface area (Å²) < 4.78 is 0. The Labute approximate surface area is 85.3 Å². The van der Waals surface area contributed by atoms with E-state index in [4.69, 9.17) is 0 Å². The van der Waals surface area contributed by atoms with Crippen molar-refractivity contribution in [3.63, 3.8) is 0 Å². The summed E-state index contributed by atoms with van der Waals surface area (Å²) in [7, 11) is 0. The molecule has 0 rings (SSSR count). The van der Waals surface area contributed by atoms with Gasteiger partial charge >= 0.3 is 0 Å². The first-order valence-corrected chi connectivity index (χ1v) is 2.78. The average molecular weight is 333 g/mol. The van der Waals surface area contributed by atoms with Gasteiger partial charge in [0.05, 0.1) is 0 Å². The van der Waals surface area contributed by atoms with Gasteiger partial charge in [-0.25, -0.2) is 0 Å². The first kappa shape index (κ1) is 16.7. The van der Waals surface area contributed by atoms with Gasteiger partial charge in [-0.15, -0.1) is 6.92 Å². The van der Waals surface area contributed by atoms with Crippen LogP contribution in [0, 0.1) is 18.3 Å². The van der Waals surface area contributed by atoms with Gasteiger partial charge < -0.3 is 18.3 Å².